The van der Waals surface area contributed by atoms with E-state index in [9.17, 15) is 0 Å². The van der Waals surface area contributed by atoms with Crippen molar-refractivity contribution in [2.24, 2.45) is 10.9 Å². The quantitative estimate of drug-likeness (QED) is 0.414. The Hall–Kier alpha value is -1.02. The molecule has 0 aromatic heterocycles. The monoisotopic (exact) mass is 447 g/mol. The first kappa shape index (κ1) is 21.0. The second-order valence-electron chi connectivity index (χ2n) is 6.32. The molecule has 1 aromatic rings. The van der Waals surface area contributed by atoms with Gasteiger partial charge >= 0.3 is 0 Å². The van der Waals surface area contributed by atoms with Crippen LogP contribution >= 0.6 is 24.0 Å². The summed E-state index contributed by atoms with van der Waals surface area (Å²) in [7, 11) is 3.90. The number of benzene rings is 1. The zero-order valence-corrected chi connectivity index (χ0v) is 17.4. The molecule has 24 heavy (non-hydrogen) atoms. The van der Waals surface area contributed by atoms with Gasteiger partial charge in [0.2, 0.25) is 0 Å². The largest absolute Gasteiger partial charge is 0.491 e. The summed E-state index contributed by atoms with van der Waals surface area (Å²) in [5.74, 6) is 2.42. The van der Waals surface area contributed by atoms with E-state index in [2.05, 4.69) is 34.4 Å². The Kier molecular flexibility index (Phi) is 9.43. The SMILES string of the molecule is CN=C(NCc1cccc(OC(C)C)c1)N(C)CC1CCOC1.I. The van der Waals surface area contributed by atoms with E-state index in [4.69, 9.17) is 9.47 Å². The summed E-state index contributed by atoms with van der Waals surface area (Å²) in [5.41, 5.74) is 1.18. The van der Waals surface area contributed by atoms with Gasteiger partial charge in [0.15, 0.2) is 5.96 Å². The zero-order valence-electron chi connectivity index (χ0n) is 15.1. The van der Waals surface area contributed by atoms with Gasteiger partial charge in [0, 0.05) is 39.7 Å². The lowest BCUT2D eigenvalue weighted by atomic mass is 10.1. The van der Waals surface area contributed by atoms with Crippen LogP contribution in [0.5, 0.6) is 5.75 Å². The maximum absolute atomic E-state index is 5.74. The topological polar surface area (TPSA) is 46.1 Å². The molecule has 1 unspecified atom stereocenters. The molecule has 0 bridgehead atoms. The summed E-state index contributed by atoms with van der Waals surface area (Å²) in [6, 6.07) is 8.19. The summed E-state index contributed by atoms with van der Waals surface area (Å²) < 4.78 is 11.2. The molecule has 0 aliphatic carbocycles. The highest BCUT2D eigenvalue weighted by Crippen LogP contribution is 2.15. The predicted molar refractivity (Wildman–Crippen MR) is 109 cm³/mol. The Morgan fingerprint density at radius 1 is 1.46 bits per heavy atom. The minimum absolute atomic E-state index is 0. The number of rotatable bonds is 6. The van der Waals surface area contributed by atoms with Crippen molar-refractivity contribution in [1.29, 1.82) is 0 Å². The lowest BCUT2D eigenvalue weighted by molar-refractivity contribution is 0.181. The maximum atomic E-state index is 5.74. The van der Waals surface area contributed by atoms with Crippen molar-refractivity contribution in [3.63, 3.8) is 0 Å². The van der Waals surface area contributed by atoms with E-state index in [1.807, 2.05) is 33.0 Å². The molecular formula is C18H30IN3O2. The number of hydrogen-bond donors (Lipinski definition) is 1. The van der Waals surface area contributed by atoms with Crippen LogP contribution in [-0.2, 0) is 11.3 Å². The molecule has 6 heteroatoms. The van der Waals surface area contributed by atoms with Gasteiger partial charge in [0.25, 0.3) is 0 Å². The van der Waals surface area contributed by atoms with Gasteiger partial charge in [-0.3, -0.25) is 4.99 Å². The third-order valence-electron chi connectivity index (χ3n) is 3.85. The van der Waals surface area contributed by atoms with Crippen LogP contribution in [0.25, 0.3) is 0 Å². The van der Waals surface area contributed by atoms with Crippen LogP contribution in [0.3, 0.4) is 0 Å². The molecule has 1 aliphatic heterocycles. The van der Waals surface area contributed by atoms with Gasteiger partial charge in [-0.15, -0.1) is 24.0 Å². The van der Waals surface area contributed by atoms with Gasteiger partial charge in [-0.05, 0) is 38.0 Å². The maximum Gasteiger partial charge on any atom is 0.193 e. The van der Waals surface area contributed by atoms with Crippen LogP contribution in [0.2, 0.25) is 0 Å². The molecule has 0 radical (unpaired) electrons. The molecular weight excluding hydrogens is 417 g/mol. The standard InChI is InChI=1S/C18H29N3O2.HI/c1-14(2)23-17-7-5-6-15(10-17)11-20-18(19-3)21(4)12-16-8-9-22-13-16;/h5-7,10,14,16H,8-9,11-13H2,1-4H3,(H,19,20);1H. The van der Waals surface area contributed by atoms with Crippen molar-refractivity contribution < 1.29 is 9.47 Å². The Bertz CT molecular complexity index is 517. The third kappa shape index (κ3) is 6.84. The fourth-order valence-electron chi connectivity index (χ4n) is 2.77. The van der Waals surface area contributed by atoms with Crippen LogP contribution < -0.4 is 10.1 Å². The van der Waals surface area contributed by atoms with E-state index in [0.29, 0.717) is 5.92 Å². The fraction of sp³-hybridized carbons (Fsp3) is 0.611. The van der Waals surface area contributed by atoms with Crippen molar-refractivity contribution in [3.05, 3.63) is 29.8 Å². The van der Waals surface area contributed by atoms with E-state index in [1.54, 1.807) is 0 Å². The average molecular weight is 447 g/mol. The molecule has 1 N–H and O–H groups in total. The summed E-state index contributed by atoms with van der Waals surface area (Å²) in [6.07, 6.45) is 1.32. The molecule has 1 fully saturated rings. The first-order valence-corrected chi connectivity index (χ1v) is 8.33. The van der Waals surface area contributed by atoms with Crippen LogP contribution in [0.15, 0.2) is 29.3 Å². The summed E-state index contributed by atoms with van der Waals surface area (Å²) >= 11 is 0. The third-order valence-corrected chi connectivity index (χ3v) is 3.85. The second kappa shape index (κ2) is 10.8. The van der Waals surface area contributed by atoms with Gasteiger partial charge < -0.3 is 19.7 Å². The lowest BCUT2D eigenvalue weighted by Crippen LogP contribution is -2.41. The van der Waals surface area contributed by atoms with Crippen LogP contribution in [0.4, 0.5) is 0 Å². The number of guanidine groups is 1. The molecule has 2 rings (SSSR count). The van der Waals surface area contributed by atoms with Gasteiger partial charge in [-0.1, -0.05) is 12.1 Å². The van der Waals surface area contributed by atoms with Gasteiger partial charge in [-0.2, -0.15) is 0 Å². The van der Waals surface area contributed by atoms with Crippen molar-refractivity contribution in [2.75, 3.05) is 33.9 Å². The number of ether oxygens (including phenoxy) is 2. The molecule has 5 nitrogen and oxygen atoms in total. The lowest BCUT2D eigenvalue weighted by Gasteiger charge is -2.24. The van der Waals surface area contributed by atoms with E-state index in [1.165, 1.54) is 5.56 Å². The highest BCUT2D eigenvalue weighted by Gasteiger charge is 2.18. The zero-order chi connectivity index (χ0) is 16.7. The van der Waals surface area contributed by atoms with Crippen molar-refractivity contribution >= 4 is 29.9 Å². The van der Waals surface area contributed by atoms with Gasteiger partial charge in [0.1, 0.15) is 5.75 Å². The number of halogens is 1. The minimum atomic E-state index is 0. The minimum Gasteiger partial charge on any atom is -0.491 e. The number of hydrogen-bond acceptors (Lipinski definition) is 3. The first-order chi connectivity index (χ1) is 11.1. The molecule has 1 atom stereocenters. The smallest absolute Gasteiger partial charge is 0.193 e. The van der Waals surface area contributed by atoms with Crippen LogP contribution in [-0.4, -0.2) is 50.8 Å². The molecule has 136 valence electrons. The van der Waals surface area contributed by atoms with Crippen LogP contribution in [0, 0.1) is 5.92 Å². The Labute approximate surface area is 162 Å². The molecule has 1 saturated heterocycles. The highest BCUT2D eigenvalue weighted by molar-refractivity contribution is 14.0. The normalized spacial score (nSPS) is 17.5. The predicted octanol–water partition coefficient (Wildman–Crippen LogP) is 3.14. The second-order valence-corrected chi connectivity index (χ2v) is 6.32. The first-order valence-electron chi connectivity index (χ1n) is 8.33. The molecule has 1 aromatic carbocycles. The van der Waals surface area contributed by atoms with Crippen molar-refractivity contribution in [3.8, 4) is 5.75 Å². The molecule has 0 spiro atoms. The van der Waals surface area contributed by atoms with E-state index >= 15 is 0 Å². The average Bonchev–Trinajstić information content (AvgIpc) is 3.00. The highest BCUT2D eigenvalue weighted by atomic mass is 127. The fourth-order valence-corrected chi connectivity index (χ4v) is 2.77. The van der Waals surface area contributed by atoms with Gasteiger partial charge in [0.05, 0.1) is 12.7 Å². The van der Waals surface area contributed by atoms with E-state index in [0.717, 1.165) is 44.4 Å². The van der Waals surface area contributed by atoms with Gasteiger partial charge in [-0.25, -0.2) is 0 Å². The van der Waals surface area contributed by atoms with Crippen LogP contribution in [0.1, 0.15) is 25.8 Å². The number of nitrogens with one attached hydrogen (secondary N) is 1. The number of aliphatic imine (C=N–C) groups is 1. The molecule has 0 saturated carbocycles. The van der Waals surface area contributed by atoms with E-state index < -0.39 is 0 Å². The summed E-state index contributed by atoms with van der Waals surface area (Å²) in [5, 5.41) is 3.42. The van der Waals surface area contributed by atoms with E-state index in [-0.39, 0.29) is 30.1 Å². The Morgan fingerprint density at radius 3 is 2.88 bits per heavy atom. The summed E-state index contributed by atoms with van der Waals surface area (Å²) in [6.45, 7) is 7.51. The Morgan fingerprint density at radius 2 is 2.25 bits per heavy atom. The molecule has 0 amide bonds. The van der Waals surface area contributed by atoms with Crippen molar-refractivity contribution in [1.82, 2.24) is 10.2 Å². The molecule has 1 heterocycles. The Balaban J connectivity index is 0.00000288. The number of nitrogens with zero attached hydrogens (tertiary/aromatic N) is 2. The molecule has 1 aliphatic rings. The summed E-state index contributed by atoms with van der Waals surface area (Å²) in [4.78, 5) is 6.55. The van der Waals surface area contributed by atoms with Crippen molar-refractivity contribution in [2.45, 2.75) is 32.9 Å².